The van der Waals surface area contributed by atoms with E-state index in [1.165, 1.54) is 0 Å². The van der Waals surface area contributed by atoms with Crippen LogP contribution in [0.3, 0.4) is 0 Å². The highest BCUT2D eigenvalue weighted by molar-refractivity contribution is 5.42. The predicted octanol–water partition coefficient (Wildman–Crippen LogP) is 1.38. The summed E-state index contributed by atoms with van der Waals surface area (Å²) in [6, 6.07) is 5.32. The minimum absolute atomic E-state index is 0.205. The van der Waals surface area contributed by atoms with Crippen LogP contribution in [0.25, 0.3) is 0 Å². The number of carbonyl (C=O) groups excluding carboxylic acids is 1. The van der Waals surface area contributed by atoms with E-state index in [-0.39, 0.29) is 6.61 Å². The van der Waals surface area contributed by atoms with Gasteiger partial charge in [-0.15, -0.1) is 0 Å². The van der Waals surface area contributed by atoms with Gasteiger partial charge in [0.2, 0.25) is 0 Å². The summed E-state index contributed by atoms with van der Waals surface area (Å²) < 4.78 is 14.8. The molecule has 0 atom stereocenters. The van der Waals surface area contributed by atoms with Crippen molar-refractivity contribution in [1.29, 1.82) is 0 Å². The maximum atomic E-state index is 10.0. The molecule has 4 nitrogen and oxygen atoms in total. The van der Waals surface area contributed by atoms with E-state index < -0.39 is 0 Å². The molecule has 0 radical (unpaired) electrons. The van der Waals surface area contributed by atoms with Crippen LogP contribution in [0.1, 0.15) is 5.56 Å². The van der Waals surface area contributed by atoms with E-state index in [0.717, 1.165) is 5.56 Å². The fraction of sp³-hybridized carbons (Fsp3) is 0.300. The van der Waals surface area contributed by atoms with E-state index in [4.69, 9.17) is 9.47 Å². The van der Waals surface area contributed by atoms with Crippen LogP contribution in [-0.4, -0.2) is 20.7 Å². The van der Waals surface area contributed by atoms with E-state index in [1.54, 1.807) is 32.4 Å². The van der Waals surface area contributed by atoms with Crippen molar-refractivity contribution in [1.82, 2.24) is 0 Å². The summed E-state index contributed by atoms with van der Waals surface area (Å²) in [5.74, 6) is 1.35. The maximum Gasteiger partial charge on any atom is 0.293 e. The minimum atomic E-state index is 0.205. The Balaban J connectivity index is 2.87. The molecule has 1 aromatic rings. The first-order valence-electron chi connectivity index (χ1n) is 4.08. The molecule has 0 N–H and O–H groups in total. The summed E-state index contributed by atoms with van der Waals surface area (Å²) in [7, 11) is 3.13. The third-order valence-electron chi connectivity index (χ3n) is 1.80. The van der Waals surface area contributed by atoms with Crippen molar-refractivity contribution in [2.45, 2.75) is 6.61 Å². The first kappa shape index (κ1) is 10.4. The Kier molecular flexibility index (Phi) is 3.79. The second-order valence-electron chi connectivity index (χ2n) is 2.59. The zero-order valence-corrected chi connectivity index (χ0v) is 8.15. The quantitative estimate of drug-likeness (QED) is 0.667. The van der Waals surface area contributed by atoms with Crippen LogP contribution in [0, 0.1) is 0 Å². The van der Waals surface area contributed by atoms with Gasteiger partial charge in [-0.2, -0.15) is 0 Å². The zero-order valence-electron chi connectivity index (χ0n) is 8.15. The fourth-order valence-electron chi connectivity index (χ4n) is 1.09. The van der Waals surface area contributed by atoms with Gasteiger partial charge in [0.15, 0.2) is 0 Å². The van der Waals surface area contributed by atoms with Gasteiger partial charge in [0, 0.05) is 11.6 Å². The summed E-state index contributed by atoms with van der Waals surface area (Å²) in [5, 5.41) is 0. The Hall–Kier alpha value is -1.71. The van der Waals surface area contributed by atoms with Crippen molar-refractivity contribution in [3.05, 3.63) is 23.8 Å². The lowest BCUT2D eigenvalue weighted by Gasteiger charge is -2.08. The molecule has 4 heteroatoms. The molecule has 0 fully saturated rings. The van der Waals surface area contributed by atoms with Crippen LogP contribution in [0.5, 0.6) is 11.5 Å². The van der Waals surface area contributed by atoms with Gasteiger partial charge in [-0.05, 0) is 12.1 Å². The maximum absolute atomic E-state index is 10.0. The molecule has 0 heterocycles. The van der Waals surface area contributed by atoms with Crippen molar-refractivity contribution in [3.63, 3.8) is 0 Å². The van der Waals surface area contributed by atoms with Crippen LogP contribution >= 0.6 is 0 Å². The number of hydrogen-bond donors (Lipinski definition) is 0. The fourth-order valence-corrected chi connectivity index (χ4v) is 1.09. The highest BCUT2D eigenvalue weighted by Crippen LogP contribution is 2.24. The van der Waals surface area contributed by atoms with Crippen LogP contribution in [0.2, 0.25) is 0 Å². The first-order valence-corrected chi connectivity index (χ1v) is 4.08. The van der Waals surface area contributed by atoms with Crippen LogP contribution in [0.4, 0.5) is 0 Å². The monoisotopic (exact) mass is 196 g/mol. The lowest BCUT2D eigenvalue weighted by Crippen LogP contribution is -1.96. The Morgan fingerprint density at radius 2 is 2.07 bits per heavy atom. The van der Waals surface area contributed by atoms with Gasteiger partial charge in [-0.3, -0.25) is 4.79 Å². The molecule has 1 aromatic carbocycles. The molecule has 14 heavy (non-hydrogen) atoms. The number of methoxy groups -OCH3 is 2. The number of rotatable bonds is 5. The molecular formula is C10H12O4. The first-order chi connectivity index (χ1) is 6.81. The Labute approximate surface area is 82.4 Å². The largest absolute Gasteiger partial charge is 0.497 e. The summed E-state index contributed by atoms with van der Waals surface area (Å²) in [5.41, 5.74) is 0.806. The van der Waals surface area contributed by atoms with E-state index >= 15 is 0 Å². The average Bonchev–Trinajstić information content (AvgIpc) is 2.26. The van der Waals surface area contributed by atoms with Gasteiger partial charge in [0.1, 0.15) is 18.1 Å². The molecule has 0 aliphatic heterocycles. The van der Waals surface area contributed by atoms with Crippen molar-refractivity contribution in [2.75, 3.05) is 14.2 Å². The smallest absolute Gasteiger partial charge is 0.293 e. The van der Waals surface area contributed by atoms with Crippen molar-refractivity contribution < 1.29 is 19.0 Å². The molecule has 0 unspecified atom stereocenters. The molecule has 0 bridgehead atoms. The van der Waals surface area contributed by atoms with Gasteiger partial charge >= 0.3 is 0 Å². The third-order valence-corrected chi connectivity index (χ3v) is 1.80. The number of ether oxygens (including phenoxy) is 3. The van der Waals surface area contributed by atoms with Crippen LogP contribution in [-0.2, 0) is 16.1 Å². The Bertz CT molecular complexity index is 309. The van der Waals surface area contributed by atoms with Crippen LogP contribution in [0.15, 0.2) is 18.2 Å². The number of benzene rings is 1. The lowest BCUT2D eigenvalue weighted by atomic mass is 10.2. The average molecular weight is 196 g/mol. The van der Waals surface area contributed by atoms with Gasteiger partial charge in [-0.25, -0.2) is 0 Å². The van der Waals surface area contributed by atoms with Gasteiger partial charge < -0.3 is 14.2 Å². The Morgan fingerprint density at radius 3 is 2.64 bits per heavy atom. The summed E-state index contributed by atoms with van der Waals surface area (Å²) >= 11 is 0. The molecule has 0 aliphatic rings. The van der Waals surface area contributed by atoms with Gasteiger partial charge in [-0.1, -0.05) is 0 Å². The van der Waals surface area contributed by atoms with E-state index in [2.05, 4.69) is 4.74 Å². The minimum Gasteiger partial charge on any atom is -0.497 e. The molecule has 0 aromatic heterocycles. The van der Waals surface area contributed by atoms with E-state index in [9.17, 15) is 4.79 Å². The normalized spacial score (nSPS) is 9.29. The third kappa shape index (κ3) is 2.39. The number of hydrogen-bond acceptors (Lipinski definition) is 4. The lowest BCUT2D eigenvalue weighted by molar-refractivity contribution is -0.129. The Morgan fingerprint density at radius 1 is 1.29 bits per heavy atom. The number of carbonyl (C=O) groups is 1. The molecule has 0 aliphatic carbocycles. The van der Waals surface area contributed by atoms with E-state index in [0.29, 0.717) is 18.0 Å². The van der Waals surface area contributed by atoms with Crippen molar-refractivity contribution in [2.24, 2.45) is 0 Å². The molecular weight excluding hydrogens is 184 g/mol. The predicted molar refractivity (Wildman–Crippen MR) is 50.4 cm³/mol. The summed E-state index contributed by atoms with van der Waals surface area (Å²) in [4.78, 5) is 10.0. The second-order valence-corrected chi connectivity index (χ2v) is 2.59. The molecule has 0 spiro atoms. The SMILES string of the molecule is COc1ccc(COC=O)c(OC)c1. The van der Waals surface area contributed by atoms with Crippen molar-refractivity contribution in [3.8, 4) is 11.5 Å². The summed E-state index contributed by atoms with van der Waals surface area (Å²) in [6.07, 6.45) is 0. The van der Waals surface area contributed by atoms with E-state index in [1.807, 2.05) is 0 Å². The molecule has 0 saturated heterocycles. The highest BCUT2D eigenvalue weighted by atomic mass is 16.5. The second kappa shape index (κ2) is 5.11. The standard InChI is InChI=1S/C10H12O4/c1-12-9-4-3-8(6-14-7-11)10(5-9)13-2/h3-5,7H,6H2,1-2H3. The highest BCUT2D eigenvalue weighted by Gasteiger charge is 2.04. The van der Waals surface area contributed by atoms with Gasteiger partial charge in [0.05, 0.1) is 14.2 Å². The molecule has 76 valence electrons. The zero-order chi connectivity index (χ0) is 10.4. The molecule has 0 amide bonds. The van der Waals surface area contributed by atoms with Gasteiger partial charge in [0.25, 0.3) is 6.47 Å². The molecule has 1 rings (SSSR count). The van der Waals surface area contributed by atoms with Crippen molar-refractivity contribution >= 4 is 6.47 Å². The topological polar surface area (TPSA) is 44.8 Å². The summed E-state index contributed by atoms with van der Waals surface area (Å²) in [6.45, 7) is 0.611. The molecule has 0 saturated carbocycles. The van der Waals surface area contributed by atoms with Crippen LogP contribution < -0.4 is 9.47 Å².